The second kappa shape index (κ2) is 5.54. The van der Waals surface area contributed by atoms with E-state index in [0.717, 1.165) is 4.90 Å². The molecule has 0 radical (unpaired) electrons. The van der Waals surface area contributed by atoms with E-state index in [9.17, 15) is 23.7 Å². The summed E-state index contributed by atoms with van der Waals surface area (Å²) in [5.41, 5.74) is 0.419. The second-order valence-corrected chi connectivity index (χ2v) is 6.00. The molecule has 1 aliphatic rings. The maximum absolute atomic E-state index is 12.2. The fraction of sp³-hybridized carbons (Fsp3) is 0.308. The molecule has 1 aliphatic heterocycles. The number of fused-ring (bicyclic) bond motifs is 1. The van der Waals surface area contributed by atoms with Crippen molar-refractivity contribution in [2.45, 2.75) is 12.5 Å². The molecule has 0 fully saturated rings. The molecule has 1 aromatic rings. The van der Waals surface area contributed by atoms with E-state index in [-0.39, 0.29) is 23.3 Å². The molecule has 1 aromatic carbocycles. The molecule has 2 unspecified atom stereocenters. The van der Waals surface area contributed by atoms with E-state index >= 15 is 0 Å². The van der Waals surface area contributed by atoms with Gasteiger partial charge < -0.3 is 5.11 Å². The van der Waals surface area contributed by atoms with Gasteiger partial charge in [-0.25, -0.2) is 4.79 Å². The summed E-state index contributed by atoms with van der Waals surface area (Å²) in [5.74, 6) is -2.38. The summed E-state index contributed by atoms with van der Waals surface area (Å²) >= 11 is 0. The molecular weight excluding hydrogens is 282 g/mol. The standard InChI is InChI=1S/C13H13NO5S/c1-20(19)7-6-10(13(17)18)14-11(15)8-4-2-3-5-9(8)12(14)16/h2-5,10H,6-7H2,1H3,(H,17,18). The van der Waals surface area contributed by atoms with Gasteiger partial charge in [0.05, 0.1) is 11.1 Å². The number of carbonyl (C=O) groups is 3. The number of carbonyl (C=O) groups excluding carboxylic acids is 2. The Balaban J connectivity index is 2.32. The third kappa shape index (κ3) is 2.49. The highest BCUT2D eigenvalue weighted by atomic mass is 32.2. The zero-order valence-electron chi connectivity index (χ0n) is 10.7. The van der Waals surface area contributed by atoms with Crippen molar-refractivity contribution in [1.82, 2.24) is 4.90 Å². The van der Waals surface area contributed by atoms with Crippen LogP contribution in [0.15, 0.2) is 24.3 Å². The van der Waals surface area contributed by atoms with Crippen LogP contribution in [0.4, 0.5) is 0 Å². The molecule has 2 amide bonds. The summed E-state index contributed by atoms with van der Waals surface area (Å²) in [6.07, 6.45) is 1.42. The van der Waals surface area contributed by atoms with E-state index in [0.29, 0.717) is 0 Å². The molecule has 2 rings (SSSR count). The van der Waals surface area contributed by atoms with E-state index in [4.69, 9.17) is 0 Å². The molecule has 20 heavy (non-hydrogen) atoms. The zero-order chi connectivity index (χ0) is 14.9. The predicted octanol–water partition coefficient (Wildman–Crippen LogP) is 0.504. The van der Waals surface area contributed by atoms with Crippen LogP contribution in [0, 0.1) is 0 Å². The topological polar surface area (TPSA) is 91.8 Å². The van der Waals surface area contributed by atoms with Crippen LogP contribution in [0.3, 0.4) is 0 Å². The first-order valence-corrected chi connectivity index (χ1v) is 7.66. The number of hydrogen-bond donors (Lipinski definition) is 1. The van der Waals surface area contributed by atoms with Crippen LogP contribution in [-0.2, 0) is 15.6 Å². The summed E-state index contributed by atoms with van der Waals surface area (Å²) in [4.78, 5) is 36.4. The number of aliphatic carboxylic acids is 1. The lowest BCUT2D eigenvalue weighted by atomic mass is 10.1. The largest absolute Gasteiger partial charge is 0.480 e. The van der Waals surface area contributed by atoms with Crippen LogP contribution in [-0.4, -0.2) is 50.0 Å². The lowest BCUT2D eigenvalue weighted by Crippen LogP contribution is -2.45. The molecule has 1 heterocycles. The Kier molecular flexibility index (Phi) is 3.99. The first kappa shape index (κ1) is 14.4. The van der Waals surface area contributed by atoms with Gasteiger partial charge in [-0.15, -0.1) is 0 Å². The van der Waals surface area contributed by atoms with Gasteiger partial charge in [-0.3, -0.25) is 18.7 Å². The van der Waals surface area contributed by atoms with Crippen molar-refractivity contribution in [3.8, 4) is 0 Å². The molecule has 1 N–H and O–H groups in total. The van der Waals surface area contributed by atoms with Crippen LogP contribution in [0.2, 0.25) is 0 Å². The van der Waals surface area contributed by atoms with Crippen molar-refractivity contribution < 1.29 is 23.7 Å². The molecule has 0 saturated heterocycles. The monoisotopic (exact) mass is 295 g/mol. The van der Waals surface area contributed by atoms with Crippen LogP contribution >= 0.6 is 0 Å². The molecule has 0 bridgehead atoms. The molecule has 106 valence electrons. The van der Waals surface area contributed by atoms with Crippen LogP contribution in [0.1, 0.15) is 27.1 Å². The van der Waals surface area contributed by atoms with E-state index in [2.05, 4.69) is 0 Å². The van der Waals surface area contributed by atoms with Gasteiger partial charge in [0.15, 0.2) is 0 Å². The molecule has 0 spiro atoms. The molecule has 7 heteroatoms. The van der Waals surface area contributed by atoms with Crippen molar-refractivity contribution in [2.24, 2.45) is 0 Å². The van der Waals surface area contributed by atoms with Gasteiger partial charge in [-0.2, -0.15) is 0 Å². The van der Waals surface area contributed by atoms with Gasteiger partial charge in [0.25, 0.3) is 11.8 Å². The minimum atomic E-state index is -1.29. The first-order chi connectivity index (χ1) is 9.43. The van der Waals surface area contributed by atoms with Crippen molar-refractivity contribution in [2.75, 3.05) is 12.0 Å². The molecular formula is C13H13NO5S. The van der Waals surface area contributed by atoms with Crippen molar-refractivity contribution >= 4 is 28.6 Å². The molecule has 0 aliphatic carbocycles. The number of hydrogen-bond acceptors (Lipinski definition) is 4. The molecule has 0 saturated carbocycles. The number of rotatable bonds is 5. The highest BCUT2D eigenvalue weighted by molar-refractivity contribution is 7.84. The average molecular weight is 295 g/mol. The Hall–Kier alpha value is -2.02. The van der Waals surface area contributed by atoms with Gasteiger partial charge in [0.2, 0.25) is 0 Å². The normalized spacial score (nSPS) is 16.9. The Labute approximate surface area is 117 Å². The Morgan fingerprint density at radius 3 is 2.15 bits per heavy atom. The fourth-order valence-corrected chi connectivity index (χ4v) is 2.69. The quantitative estimate of drug-likeness (QED) is 0.799. The summed E-state index contributed by atoms with van der Waals surface area (Å²) in [5, 5.41) is 9.22. The number of carboxylic acids is 1. The van der Waals surface area contributed by atoms with E-state index in [1.807, 2.05) is 0 Å². The summed E-state index contributed by atoms with van der Waals surface area (Å²) in [7, 11) is -1.19. The van der Waals surface area contributed by atoms with Crippen molar-refractivity contribution in [3.63, 3.8) is 0 Å². The van der Waals surface area contributed by atoms with Crippen LogP contribution in [0.5, 0.6) is 0 Å². The minimum absolute atomic E-state index is 0.0239. The first-order valence-electron chi connectivity index (χ1n) is 5.93. The van der Waals surface area contributed by atoms with Crippen molar-refractivity contribution in [1.29, 1.82) is 0 Å². The molecule has 2 atom stereocenters. The maximum atomic E-state index is 12.2. The summed E-state index contributed by atoms with van der Waals surface area (Å²) < 4.78 is 11.1. The highest BCUT2D eigenvalue weighted by Crippen LogP contribution is 2.25. The van der Waals surface area contributed by atoms with Gasteiger partial charge in [0, 0.05) is 22.8 Å². The van der Waals surface area contributed by atoms with Gasteiger partial charge in [-0.05, 0) is 18.6 Å². The van der Waals surface area contributed by atoms with Gasteiger partial charge in [-0.1, -0.05) is 12.1 Å². The summed E-state index contributed by atoms with van der Waals surface area (Å²) in [6, 6.07) is 4.93. The van der Waals surface area contributed by atoms with E-state index in [1.165, 1.54) is 18.4 Å². The van der Waals surface area contributed by atoms with Crippen LogP contribution < -0.4 is 0 Å². The number of benzene rings is 1. The number of imide groups is 1. The highest BCUT2D eigenvalue weighted by Gasteiger charge is 2.42. The third-order valence-corrected chi connectivity index (χ3v) is 3.91. The fourth-order valence-electron chi connectivity index (χ4n) is 2.13. The smallest absolute Gasteiger partial charge is 0.326 e. The van der Waals surface area contributed by atoms with Crippen molar-refractivity contribution in [3.05, 3.63) is 35.4 Å². The Morgan fingerprint density at radius 1 is 1.25 bits per heavy atom. The molecule has 6 nitrogen and oxygen atoms in total. The van der Waals surface area contributed by atoms with Gasteiger partial charge >= 0.3 is 5.97 Å². The average Bonchev–Trinajstić information content (AvgIpc) is 2.64. The lowest BCUT2D eigenvalue weighted by molar-refractivity contribution is -0.141. The van der Waals surface area contributed by atoms with E-state index in [1.54, 1.807) is 12.1 Å². The number of carboxylic acid groups (broad SMARTS) is 1. The Morgan fingerprint density at radius 2 is 1.75 bits per heavy atom. The maximum Gasteiger partial charge on any atom is 0.326 e. The van der Waals surface area contributed by atoms with Gasteiger partial charge in [0.1, 0.15) is 6.04 Å². The second-order valence-electron chi connectivity index (χ2n) is 4.45. The number of nitrogens with zero attached hydrogens (tertiary/aromatic N) is 1. The lowest BCUT2D eigenvalue weighted by Gasteiger charge is -2.22. The SMILES string of the molecule is CS(=O)CCC(C(=O)O)N1C(=O)c2ccccc2C1=O. The minimum Gasteiger partial charge on any atom is -0.480 e. The predicted molar refractivity (Wildman–Crippen MR) is 71.9 cm³/mol. The van der Waals surface area contributed by atoms with Crippen LogP contribution in [0.25, 0.3) is 0 Å². The Bertz CT molecular complexity index is 578. The zero-order valence-corrected chi connectivity index (χ0v) is 11.6. The third-order valence-electron chi connectivity index (χ3n) is 3.10. The molecule has 0 aromatic heterocycles. The van der Waals surface area contributed by atoms with E-state index < -0.39 is 34.6 Å². The summed E-state index contributed by atoms with van der Waals surface area (Å²) in [6.45, 7) is 0. The number of amides is 2.